The van der Waals surface area contributed by atoms with Crippen molar-refractivity contribution >= 4 is 33.2 Å². The highest BCUT2D eigenvalue weighted by atomic mass is 32.2. The van der Waals surface area contributed by atoms with Crippen LogP contribution in [0.2, 0.25) is 0 Å². The standard InChI is InChI=1S/C17H16O4S.C17H16O2S/c1-17(2)11-15(18)14-9-8-13(10-16(14)21-17)22(19,20)12-6-4-3-5-7-12;1-17(2)11-15(18)14-9-8-13(10-16(14)19-17)20-12-6-4-3-5-7-12/h3-10H,11H2,1-2H3;3-10H,11H2,1-2H3. The summed E-state index contributed by atoms with van der Waals surface area (Å²) in [4.78, 5) is 26.8. The Balaban J connectivity index is 0.000000169. The predicted molar refractivity (Wildman–Crippen MR) is 163 cm³/mol. The zero-order chi connectivity index (χ0) is 30.1. The van der Waals surface area contributed by atoms with E-state index in [1.807, 2.05) is 64.1 Å². The molecule has 0 aromatic heterocycles. The van der Waals surface area contributed by atoms with Gasteiger partial charge in [0.15, 0.2) is 11.6 Å². The SMILES string of the molecule is CC1(C)CC(=O)c2ccc(S(=O)(=O)c3ccccc3)cc2O1.CC1(C)CC(=O)c2ccc(Sc3ccccc3)cc2O1. The van der Waals surface area contributed by atoms with E-state index in [1.54, 1.807) is 42.1 Å². The van der Waals surface area contributed by atoms with Crippen molar-refractivity contribution in [3.63, 3.8) is 0 Å². The first-order valence-electron chi connectivity index (χ1n) is 13.6. The lowest BCUT2D eigenvalue weighted by molar-refractivity contribution is 0.0606. The second-order valence-corrected chi connectivity index (χ2v) is 14.6. The first kappa shape index (κ1) is 29.6. The highest BCUT2D eigenvalue weighted by Gasteiger charge is 2.34. The fourth-order valence-corrected chi connectivity index (χ4v) is 7.02. The summed E-state index contributed by atoms with van der Waals surface area (Å²) in [5.74, 6) is 1.16. The molecule has 4 aromatic rings. The first-order valence-corrected chi connectivity index (χ1v) is 15.9. The first-order chi connectivity index (χ1) is 19.8. The van der Waals surface area contributed by atoms with Crippen LogP contribution in [0.25, 0.3) is 0 Å². The molecular weight excluding hydrogens is 569 g/mol. The smallest absolute Gasteiger partial charge is 0.206 e. The summed E-state index contributed by atoms with van der Waals surface area (Å²) in [6, 6.07) is 28.6. The van der Waals surface area contributed by atoms with Crippen LogP contribution in [0.5, 0.6) is 11.5 Å². The van der Waals surface area contributed by atoms with Gasteiger partial charge in [0, 0.05) is 9.79 Å². The van der Waals surface area contributed by atoms with Crippen molar-refractivity contribution < 1.29 is 27.5 Å². The van der Waals surface area contributed by atoms with Crippen LogP contribution in [0.4, 0.5) is 0 Å². The molecule has 216 valence electrons. The van der Waals surface area contributed by atoms with E-state index in [1.165, 1.54) is 23.1 Å². The molecule has 0 unspecified atom stereocenters. The summed E-state index contributed by atoms with van der Waals surface area (Å²) >= 11 is 1.67. The lowest BCUT2D eigenvalue weighted by Gasteiger charge is -2.31. The van der Waals surface area contributed by atoms with Gasteiger partial charge in [-0.25, -0.2) is 8.42 Å². The van der Waals surface area contributed by atoms with Crippen LogP contribution in [-0.4, -0.2) is 31.2 Å². The van der Waals surface area contributed by atoms with Crippen molar-refractivity contribution in [2.24, 2.45) is 0 Å². The summed E-state index contributed by atoms with van der Waals surface area (Å²) in [6.07, 6.45) is 0.718. The highest BCUT2D eigenvalue weighted by Crippen LogP contribution is 2.38. The van der Waals surface area contributed by atoms with Crippen molar-refractivity contribution in [1.82, 2.24) is 0 Å². The van der Waals surface area contributed by atoms with Gasteiger partial charge in [0.25, 0.3) is 0 Å². The number of rotatable bonds is 4. The second-order valence-electron chi connectivity index (χ2n) is 11.5. The molecule has 0 N–H and O–H groups in total. The number of ketones is 2. The topological polar surface area (TPSA) is 86.7 Å². The minimum absolute atomic E-state index is 0.0325. The molecule has 0 radical (unpaired) electrons. The minimum Gasteiger partial charge on any atom is -0.487 e. The molecule has 0 amide bonds. The third-order valence-electron chi connectivity index (χ3n) is 6.79. The van der Waals surface area contributed by atoms with Crippen LogP contribution < -0.4 is 9.47 Å². The van der Waals surface area contributed by atoms with Gasteiger partial charge in [0.2, 0.25) is 9.84 Å². The predicted octanol–water partition coefficient (Wildman–Crippen LogP) is 7.84. The Morgan fingerprint density at radius 3 is 1.67 bits per heavy atom. The van der Waals surface area contributed by atoms with Gasteiger partial charge in [-0.3, -0.25) is 9.59 Å². The molecule has 4 aromatic carbocycles. The van der Waals surface area contributed by atoms with Crippen LogP contribution in [0.3, 0.4) is 0 Å². The molecule has 0 atom stereocenters. The van der Waals surface area contributed by atoms with Crippen LogP contribution in [0.1, 0.15) is 61.3 Å². The summed E-state index contributed by atoms with van der Waals surface area (Å²) in [6.45, 7) is 7.52. The van der Waals surface area contributed by atoms with Crippen molar-refractivity contribution in [3.05, 3.63) is 108 Å². The number of hydrogen-bond donors (Lipinski definition) is 0. The maximum atomic E-state index is 12.6. The lowest BCUT2D eigenvalue weighted by atomic mass is 9.93. The van der Waals surface area contributed by atoms with E-state index in [0.29, 0.717) is 29.0 Å². The number of sulfone groups is 1. The largest absolute Gasteiger partial charge is 0.487 e. The Hall–Kier alpha value is -3.88. The van der Waals surface area contributed by atoms with Gasteiger partial charge in [-0.05, 0) is 88.4 Å². The normalized spacial score (nSPS) is 16.6. The highest BCUT2D eigenvalue weighted by molar-refractivity contribution is 7.99. The fraction of sp³-hybridized carbons (Fsp3) is 0.235. The van der Waals surface area contributed by atoms with Crippen molar-refractivity contribution in [1.29, 1.82) is 0 Å². The Morgan fingerprint density at radius 2 is 1.10 bits per heavy atom. The molecule has 6 rings (SSSR count). The minimum atomic E-state index is -3.62. The summed E-state index contributed by atoms with van der Waals surface area (Å²) in [5.41, 5.74) is 0.0901. The van der Waals surface area contributed by atoms with Crippen LogP contribution in [0.15, 0.2) is 117 Å². The van der Waals surface area contributed by atoms with Crippen molar-refractivity contribution in [2.75, 3.05) is 0 Å². The average Bonchev–Trinajstić information content (AvgIpc) is 2.92. The average molecular weight is 601 g/mol. The van der Waals surface area contributed by atoms with Gasteiger partial charge in [-0.2, -0.15) is 0 Å². The van der Waals surface area contributed by atoms with Crippen LogP contribution >= 0.6 is 11.8 Å². The molecule has 0 bridgehead atoms. The van der Waals surface area contributed by atoms with Gasteiger partial charge in [0.1, 0.15) is 22.7 Å². The van der Waals surface area contributed by atoms with E-state index in [0.717, 1.165) is 4.90 Å². The molecule has 0 aliphatic carbocycles. The van der Waals surface area contributed by atoms with Gasteiger partial charge in [-0.1, -0.05) is 48.2 Å². The Kier molecular flexibility index (Phi) is 8.05. The van der Waals surface area contributed by atoms with Crippen LogP contribution in [0, 0.1) is 0 Å². The third-order valence-corrected chi connectivity index (χ3v) is 9.56. The van der Waals surface area contributed by atoms with Gasteiger partial charge in [0.05, 0.1) is 33.8 Å². The number of carbonyl (C=O) groups excluding carboxylic acids is 2. The van der Waals surface area contributed by atoms with E-state index >= 15 is 0 Å². The number of fused-ring (bicyclic) bond motifs is 2. The van der Waals surface area contributed by atoms with Crippen molar-refractivity contribution in [2.45, 2.75) is 71.3 Å². The summed E-state index contributed by atoms with van der Waals surface area (Å²) < 4.78 is 37.0. The number of benzene rings is 4. The molecular formula is C34H32O6S2. The van der Waals surface area contributed by atoms with Crippen LogP contribution in [-0.2, 0) is 9.84 Å². The molecule has 0 saturated heterocycles. The molecule has 0 fully saturated rings. The molecule has 2 aliphatic rings. The number of hydrogen-bond acceptors (Lipinski definition) is 7. The van der Waals surface area contributed by atoms with Crippen molar-refractivity contribution in [3.8, 4) is 11.5 Å². The second kappa shape index (κ2) is 11.4. The lowest BCUT2D eigenvalue weighted by Crippen LogP contribution is -2.35. The Bertz CT molecular complexity index is 1740. The quantitative estimate of drug-likeness (QED) is 0.236. The third kappa shape index (κ3) is 6.61. The molecule has 2 aliphatic heterocycles. The Labute approximate surface area is 251 Å². The summed E-state index contributed by atoms with van der Waals surface area (Å²) in [5, 5.41) is 0. The molecule has 42 heavy (non-hydrogen) atoms. The maximum Gasteiger partial charge on any atom is 0.206 e. The monoisotopic (exact) mass is 600 g/mol. The van der Waals surface area contributed by atoms with E-state index in [9.17, 15) is 18.0 Å². The Morgan fingerprint density at radius 1 is 0.595 bits per heavy atom. The maximum absolute atomic E-state index is 12.6. The zero-order valence-electron chi connectivity index (χ0n) is 23.9. The molecule has 8 heteroatoms. The molecule has 6 nitrogen and oxygen atoms in total. The fourth-order valence-electron chi connectivity index (χ4n) is 4.86. The number of Topliss-reactive ketones (excluding diaryl/α,β-unsaturated/α-hetero) is 2. The van der Waals surface area contributed by atoms with Gasteiger partial charge in [-0.15, -0.1) is 0 Å². The van der Waals surface area contributed by atoms with Gasteiger partial charge >= 0.3 is 0 Å². The zero-order valence-corrected chi connectivity index (χ0v) is 25.6. The summed E-state index contributed by atoms with van der Waals surface area (Å²) in [7, 11) is -3.62. The number of carbonyl (C=O) groups is 2. The molecule has 0 saturated carbocycles. The van der Waals surface area contributed by atoms with E-state index in [4.69, 9.17) is 9.47 Å². The molecule has 2 heterocycles. The van der Waals surface area contributed by atoms with Gasteiger partial charge < -0.3 is 9.47 Å². The van der Waals surface area contributed by atoms with E-state index in [-0.39, 0.29) is 27.8 Å². The van der Waals surface area contributed by atoms with E-state index in [2.05, 4.69) is 12.1 Å². The number of ether oxygens (including phenoxy) is 2. The van der Waals surface area contributed by atoms with E-state index < -0.39 is 21.0 Å². The molecule has 0 spiro atoms.